The van der Waals surface area contributed by atoms with E-state index in [1.54, 1.807) is 51.1 Å². The zero-order valence-electron chi connectivity index (χ0n) is 42.7. The second kappa shape index (κ2) is 19.5. The summed E-state index contributed by atoms with van der Waals surface area (Å²) < 4.78 is 68.3. The zero-order valence-corrected chi connectivity index (χ0v) is 43.7. The molecule has 2 saturated carbocycles. The second-order valence-electron chi connectivity index (χ2n) is 22.3. The maximum Gasteiger partial charge on any atom is 0.408 e. The highest BCUT2D eigenvalue weighted by atomic mass is 28.4. The van der Waals surface area contributed by atoms with Crippen molar-refractivity contribution >= 4 is 32.3 Å². The van der Waals surface area contributed by atoms with Gasteiger partial charge in [-0.15, -0.1) is 0 Å². The van der Waals surface area contributed by atoms with Crippen molar-refractivity contribution in [1.82, 2.24) is 10.2 Å². The summed E-state index contributed by atoms with van der Waals surface area (Å²) in [7, 11) is -2.80. The molecular formula is C51H77FN2O14Si. The van der Waals surface area contributed by atoms with Crippen LogP contribution in [0.3, 0.4) is 0 Å². The Labute approximate surface area is 407 Å². The molecule has 6 aliphatic rings. The molecule has 18 heteroatoms. The van der Waals surface area contributed by atoms with Crippen LogP contribution in [0.4, 0.5) is 9.18 Å². The number of likely N-dealkylation sites (tertiary alicyclic amines) is 1. The van der Waals surface area contributed by atoms with E-state index in [-0.39, 0.29) is 31.2 Å². The molecule has 0 spiro atoms. The van der Waals surface area contributed by atoms with Crippen molar-refractivity contribution in [3.63, 3.8) is 0 Å². The fourth-order valence-corrected chi connectivity index (χ4v) is 15.6. The van der Waals surface area contributed by atoms with Crippen LogP contribution in [0.1, 0.15) is 119 Å². The lowest BCUT2D eigenvalue weighted by atomic mass is 9.45. The third kappa shape index (κ3) is 9.31. The Hall–Kier alpha value is -3.49. The Morgan fingerprint density at radius 1 is 1.00 bits per heavy atom. The number of amides is 1. The van der Waals surface area contributed by atoms with Gasteiger partial charge in [0.15, 0.2) is 25.8 Å². The molecular weight excluding hydrogens is 912 g/mol. The smallest absolute Gasteiger partial charge is 0.408 e. The summed E-state index contributed by atoms with van der Waals surface area (Å²) >= 11 is 0. The van der Waals surface area contributed by atoms with Crippen molar-refractivity contribution in [2.45, 2.75) is 198 Å². The molecule has 13 atom stereocenters. The molecule has 16 nitrogen and oxygen atoms in total. The summed E-state index contributed by atoms with van der Waals surface area (Å²) in [6.45, 7) is 20.9. The first-order chi connectivity index (χ1) is 32.3. The molecule has 1 amide bonds. The Balaban J connectivity index is 1.42. The van der Waals surface area contributed by atoms with E-state index in [9.17, 15) is 24.6 Å². The highest BCUT2D eigenvalue weighted by Gasteiger charge is 2.77. The Bertz CT molecular complexity index is 2110. The lowest BCUT2D eigenvalue weighted by molar-refractivity contribution is -0.345. The van der Waals surface area contributed by atoms with Crippen LogP contribution in [0.15, 0.2) is 41.5 Å². The molecule has 7 rings (SSSR count). The number of esters is 3. The van der Waals surface area contributed by atoms with Crippen LogP contribution in [0.25, 0.3) is 0 Å². The van der Waals surface area contributed by atoms with Crippen LogP contribution in [0, 0.1) is 16.7 Å². The highest BCUT2D eigenvalue weighted by molar-refractivity contribution is 6.73. The number of aliphatic hydroxyl groups excluding tert-OH is 1. The minimum Gasteiger partial charge on any atom is -0.456 e. The monoisotopic (exact) mass is 989 g/mol. The van der Waals surface area contributed by atoms with Crippen LogP contribution >= 0.6 is 0 Å². The lowest BCUT2D eigenvalue weighted by Crippen LogP contribution is -2.79. The van der Waals surface area contributed by atoms with Crippen molar-refractivity contribution in [3.8, 4) is 0 Å². The second-order valence-corrected chi connectivity index (χ2v) is 27.0. The number of benzene rings is 1. The molecule has 0 aromatic heterocycles. The van der Waals surface area contributed by atoms with Crippen LogP contribution in [0.2, 0.25) is 18.1 Å². The van der Waals surface area contributed by atoms with Crippen molar-refractivity contribution in [2.75, 3.05) is 33.0 Å². The van der Waals surface area contributed by atoms with Crippen LogP contribution < -0.4 is 5.32 Å². The van der Waals surface area contributed by atoms with Gasteiger partial charge in [0, 0.05) is 43.3 Å². The minimum atomic E-state index is -2.80. The van der Waals surface area contributed by atoms with Crippen LogP contribution in [0.5, 0.6) is 0 Å². The summed E-state index contributed by atoms with van der Waals surface area (Å²) in [5, 5.41) is 26.9. The van der Waals surface area contributed by atoms with E-state index in [2.05, 4.69) is 10.2 Å². The maximum absolute atomic E-state index is 15.6. The van der Waals surface area contributed by atoms with Gasteiger partial charge in [0.25, 0.3) is 0 Å². The van der Waals surface area contributed by atoms with Gasteiger partial charge in [-0.1, -0.05) is 59.7 Å². The van der Waals surface area contributed by atoms with E-state index >= 15 is 9.18 Å². The largest absolute Gasteiger partial charge is 0.456 e. The van der Waals surface area contributed by atoms with Gasteiger partial charge in [0.05, 0.1) is 36.8 Å². The van der Waals surface area contributed by atoms with E-state index < -0.39 is 121 Å². The fraction of sp³-hybridized carbons (Fsp3) is 0.765. The van der Waals surface area contributed by atoms with E-state index in [0.717, 1.165) is 13.0 Å². The van der Waals surface area contributed by atoms with Crippen LogP contribution in [-0.2, 0) is 47.2 Å². The Morgan fingerprint density at radius 2 is 1.67 bits per heavy atom. The molecule has 386 valence electrons. The summed E-state index contributed by atoms with van der Waals surface area (Å²) in [4.78, 5) is 58.8. The number of nitrogens with zero attached hydrogens (tertiary/aromatic N) is 1. The van der Waals surface area contributed by atoms with Crippen molar-refractivity contribution < 1.29 is 71.4 Å². The number of halogens is 1. The number of nitrogens with one attached hydrogen (secondary N) is 1. The van der Waals surface area contributed by atoms with E-state index in [4.69, 9.17) is 37.6 Å². The molecule has 0 unspecified atom stereocenters. The summed E-state index contributed by atoms with van der Waals surface area (Å²) in [6.07, 6.45) is -5.42. The molecule has 1 aromatic rings. The quantitative estimate of drug-likeness (QED) is 0.0697. The first-order valence-electron chi connectivity index (χ1n) is 25.0. The topological polar surface area (TPSA) is 198 Å². The first kappa shape index (κ1) is 53.3. The zero-order chi connectivity index (χ0) is 50.7. The number of carbonyl (C=O) groups is 4. The number of hydrogen-bond acceptors (Lipinski definition) is 15. The third-order valence-corrected chi connectivity index (χ3v) is 21.7. The molecule has 2 bridgehead atoms. The number of ether oxygens (including phenoxy) is 7. The van der Waals surface area contributed by atoms with Gasteiger partial charge in [0.2, 0.25) is 0 Å². The highest BCUT2D eigenvalue weighted by Crippen LogP contribution is 2.67. The number of rotatable bonds is 16. The van der Waals surface area contributed by atoms with Crippen LogP contribution in [-0.4, -0.2) is 152 Å². The van der Waals surface area contributed by atoms with Gasteiger partial charge in [-0.3, -0.25) is 9.69 Å². The molecule has 1 aromatic carbocycles. The average molecular weight is 989 g/mol. The molecule has 3 saturated heterocycles. The third-order valence-electron chi connectivity index (χ3n) is 16.9. The summed E-state index contributed by atoms with van der Waals surface area (Å²) in [5.74, 6) is -3.28. The van der Waals surface area contributed by atoms with Crippen molar-refractivity contribution in [1.29, 1.82) is 0 Å². The summed E-state index contributed by atoms with van der Waals surface area (Å²) in [6, 6.07) is 8.52. The average Bonchev–Trinajstić information content (AvgIpc) is 3.69. The SMILES string of the molecule is CC[Si](CC)(CC)O[C@@](C)(C(=O)O[C@H]1C[C@@]2(O)[C@@H](OC(=O)c3ccccc3)[C@H]3[C@@](C)(CC[C@H]4OC[C@]43OC(C)=O)[C@@H]3O[C@H](CN4CC[C@H]4CO)O[C@@H]3C(=C1C)C2(C)C)[C@H](CF)NC(=O)OC(C)(C)C. The summed E-state index contributed by atoms with van der Waals surface area (Å²) in [5.41, 5.74) is -7.58. The molecule has 0 radical (unpaired) electrons. The molecule has 3 aliphatic carbocycles. The Kier molecular flexibility index (Phi) is 15.1. The molecule has 3 aliphatic heterocycles. The van der Waals surface area contributed by atoms with Gasteiger partial charge in [0.1, 0.15) is 42.3 Å². The van der Waals surface area contributed by atoms with E-state index in [1.165, 1.54) is 13.8 Å². The fourth-order valence-electron chi connectivity index (χ4n) is 12.6. The van der Waals surface area contributed by atoms with E-state index in [0.29, 0.717) is 48.7 Å². The standard InChI is InChI=1S/C51H77FN2O14Si/c1-13-69(14-2,15-3)68-49(12,35(26-52)53-45(59)67-46(6,7)8)44(58)62-34-25-51(60)42(65-43(57)32-19-17-16-18-20-32)40-48(11,23-21-36-50(40,29-61-36)66-31(5)56)41-39(38(30(34)4)47(51,9)10)63-37(64-41)27-54-24-22-33(54)28-55/h16-20,33-37,39-42,55,60H,13-15,21-29H2,1-12H3,(H,53,59)/t33-,34-,35-,36+,37+,39+,40-,41+,42-,48+,49+,50-,51+/m0/s1. The predicted molar refractivity (Wildman–Crippen MR) is 253 cm³/mol. The van der Waals surface area contributed by atoms with Gasteiger partial charge >= 0.3 is 24.0 Å². The number of alkyl halides is 1. The first-order valence-corrected chi connectivity index (χ1v) is 27.5. The van der Waals surface area contributed by atoms with Crippen molar-refractivity contribution in [3.05, 3.63) is 47.0 Å². The molecule has 3 heterocycles. The number of hydrogen-bond donors (Lipinski definition) is 3. The van der Waals surface area contributed by atoms with Gasteiger partial charge < -0.3 is 53.1 Å². The molecule has 5 fully saturated rings. The number of fused-ring (bicyclic) bond motifs is 8. The van der Waals surface area contributed by atoms with Gasteiger partial charge in [-0.25, -0.2) is 18.8 Å². The number of carbonyl (C=O) groups excluding carboxylic acids is 4. The number of aliphatic hydroxyl groups is 2. The minimum absolute atomic E-state index is 0.0327. The predicted octanol–water partition coefficient (Wildman–Crippen LogP) is 6.55. The maximum atomic E-state index is 15.6. The van der Waals surface area contributed by atoms with E-state index in [1.807, 2.05) is 48.5 Å². The molecule has 69 heavy (non-hydrogen) atoms. The Morgan fingerprint density at radius 3 is 2.20 bits per heavy atom. The number of alkyl carbamates (subject to hydrolysis) is 1. The van der Waals surface area contributed by atoms with Gasteiger partial charge in [-0.2, -0.15) is 0 Å². The van der Waals surface area contributed by atoms with Crippen molar-refractivity contribution in [2.24, 2.45) is 16.7 Å². The lowest BCUT2D eigenvalue weighted by Gasteiger charge is -2.68. The molecule has 3 N–H and O–H groups in total. The normalized spacial score (nSPS) is 35.2. The van der Waals surface area contributed by atoms with Gasteiger partial charge in [-0.05, 0) is 95.3 Å².